The van der Waals surface area contributed by atoms with Gasteiger partial charge in [0.15, 0.2) is 0 Å². The summed E-state index contributed by atoms with van der Waals surface area (Å²) in [4.78, 5) is 14.8. The van der Waals surface area contributed by atoms with E-state index in [0.717, 1.165) is 64.6 Å². The molecule has 102 valence electrons. The summed E-state index contributed by atoms with van der Waals surface area (Å²) >= 11 is 0. The van der Waals surface area contributed by atoms with Gasteiger partial charge in [0.25, 0.3) is 0 Å². The number of piperidine rings is 1. The Hall–Kier alpha value is -0.610. The molecule has 4 nitrogen and oxygen atoms in total. The second-order valence-corrected chi connectivity index (χ2v) is 6.27. The second kappa shape index (κ2) is 4.82. The lowest BCUT2D eigenvalue weighted by Gasteiger charge is -2.36. The Bertz CT molecular complexity index is 318. The number of likely N-dealkylation sites (tertiary alicyclic amines) is 1. The fourth-order valence-corrected chi connectivity index (χ4v) is 3.93. The van der Waals surface area contributed by atoms with E-state index in [2.05, 4.69) is 10.2 Å². The summed E-state index contributed by atoms with van der Waals surface area (Å²) < 4.78 is 0. The molecule has 3 fully saturated rings. The van der Waals surface area contributed by atoms with Crippen molar-refractivity contribution in [1.82, 2.24) is 10.2 Å². The van der Waals surface area contributed by atoms with E-state index in [1.165, 1.54) is 0 Å². The highest BCUT2D eigenvalue weighted by atomic mass is 16.3. The van der Waals surface area contributed by atoms with Crippen LogP contribution in [0.25, 0.3) is 0 Å². The van der Waals surface area contributed by atoms with Crippen molar-refractivity contribution < 1.29 is 9.90 Å². The first-order valence-electron chi connectivity index (χ1n) is 7.41. The number of carbonyl (C=O) groups excluding carboxylic acids is 1. The van der Waals surface area contributed by atoms with Gasteiger partial charge in [-0.15, -0.1) is 0 Å². The average Bonchev–Trinajstić information content (AvgIpc) is 2.70. The Balaban J connectivity index is 1.66. The maximum atomic E-state index is 12.7. The van der Waals surface area contributed by atoms with E-state index in [4.69, 9.17) is 0 Å². The molecule has 0 aromatic rings. The van der Waals surface area contributed by atoms with E-state index in [9.17, 15) is 9.90 Å². The summed E-state index contributed by atoms with van der Waals surface area (Å²) in [7, 11) is 0. The maximum Gasteiger partial charge on any atom is 0.230 e. The van der Waals surface area contributed by atoms with Crippen LogP contribution in [0.5, 0.6) is 0 Å². The van der Waals surface area contributed by atoms with Crippen molar-refractivity contribution in [2.24, 2.45) is 5.41 Å². The van der Waals surface area contributed by atoms with E-state index in [-0.39, 0.29) is 11.5 Å². The molecule has 2 N–H and O–H groups in total. The van der Waals surface area contributed by atoms with E-state index >= 15 is 0 Å². The first-order valence-corrected chi connectivity index (χ1v) is 7.41. The van der Waals surface area contributed by atoms with Crippen molar-refractivity contribution in [1.29, 1.82) is 0 Å². The minimum Gasteiger partial charge on any atom is -0.393 e. The molecule has 0 radical (unpaired) electrons. The molecular weight excluding hydrogens is 228 g/mol. The summed E-state index contributed by atoms with van der Waals surface area (Å²) in [6.07, 6.45) is 6.77. The fourth-order valence-electron chi connectivity index (χ4n) is 3.93. The molecule has 0 bridgehead atoms. The first kappa shape index (κ1) is 12.4. The monoisotopic (exact) mass is 252 g/mol. The third-order valence-electron chi connectivity index (χ3n) is 5.13. The molecule has 2 aliphatic heterocycles. The number of aliphatic hydroxyl groups is 1. The molecule has 3 aliphatic rings. The Labute approximate surface area is 109 Å². The minimum absolute atomic E-state index is 0.0890. The highest BCUT2D eigenvalue weighted by molar-refractivity contribution is 5.85. The zero-order valence-corrected chi connectivity index (χ0v) is 11.0. The maximum absolute atomic E-state index is 12.7. The Kier molecular flexibility index (Phi) is 3.32. The Morgan fingerprint density at radius 1 is 1.22 bits per heavy atom. The number of rotatable bonds is 1. The topological polar surface area (TPSA) is 52.6 Å². The lowest BCUT2D eigenvalue weighted by Crippen LogP contribution is -2.48. The largest absolute Gasteiger partial charge is 0.393 e. The van der Waals surface area contributed by atoms with Gasteiger partial charge in [-0.05, 0) is 51.5 Å². The molecule has 18 heavy (non-hydrogen) atoms. The van der Waals surface area contributed by atoms with Gasteiger partial charge in [-0.2, -0.15) is 0 Å². The van der Waals surface area contributed by atoms with Crippen molar-refractivity contribution in [3.8, 4) is 0 Å². The molecule has 4 heteroatoms. The van der Waals surface area contributed by atoms with Gasteiger partial charge >= 0.3 is 0 Å². The van der Waals surface area contributed by atoms with Gasteiger partial charge in [0, 0.05) is 19.1 Å². The molecule has 1 aliphatic carbocycles. The van der Waals surface area contributed by atoms with Crippen molar-refractivity contribution in [3.63, 3.8) is 0 Å². The van der Waals surface area contributed by atoms with Crippen LogP contribution in [0.15, 0.2) is 0 Å². The van der Waals surface area contributed by atoms with Crippen LogP contribution in [0, 0.1) is 5.41 Å². The number of nitrogens with zero attached hydrogens (tertiary/aromatic N) is 1. The molecule has 0 aromatic carbocycles. The number of hydrogen-bond donors (Lipinski definition) is 2. The minimum atomic E-state index is -0.135. The zero-order valence-electron chi connectivity index (χ0n) is 11.0. The molecule has 1 atom stereocenters. The van der Waals surface area contributed by atoms with E-state index in [0.29, 0.717) is 11.9 Å². The number of hydrogen-bond acceptors (Lipinski definition) is 3. The van der Waals surface area contributed by atoms with Crippen LogP contribution < -0.4 is 5.32 Å². The SMILES string of the molecule is O=C1N([C@H]2CC[C@H](O)CC2)CC[C@]12CCCNC2. The molecule has 2 heterocycles. The third kappa shape index (κ3) is 2.05. The summed E-state index contributed by atoms with van der Waals surface area (Å²) in [5.41, 5.74) is -0.0890. The van der Waals surface area contributed by atoms with Gasteiger partial charge in [-0.1, -0.05) is 0 Å². The van der Waals surface area contributed by atoms with Crippen LogP contribution in [0.4, 0.5) is 0 Å². The van der Waals surface area contributed by atoms with E-state index < -0.39 is 0 Å². The van der Waals surface area contributed by atoms with Gasteiger partial charge in [0.1, 0.15) is 0 Å². The number of carbonyl (C=O) groups is 1. The van der Waals surface area contributed by atoms with Crippen molar-refractivity contribution in [3.05, 3.63) is 0 Å². The van der Waals surface area contributed by atoms with Crippen LogP contribution in [-0.2, 0) is 4.79 Å². The smallest absolute Gasteiger partial charge is 0.230 e. The van der Waals surface area contributed by atoms with Crippen LogP contribution >= 0.6 is 0 Å². The van der Waals surface area contributed by atoms with Crippen LogP contribution in [-0.4, -0.2) is 47.7 Å². The third-order valence-corrected chi connectivity index (χ3v) is 5.13. The standard InChI is InChI=1S/C14H24N2O2/c17-12-4-2-11(3-5-12)16-9-7-14(13(16)18)6-1-8-15-10-14/h11-12,15,17H,1-10H2/t11-,12-,14-/m0/s1. The lowest BCUT2D eigenvalue weighted by atomic mass is 9.79. The van der Waals surface area contributed by atoms with Gasteiger partial charge in [-0.25, -0.2) is 0 Å². The van der Waals surface area contributed by atoms with Crippen molar-refractivity contribution >= 4 is 5.91 Å². The van der Waals surface area contributed by atoms with Crippen LogP contribution in [0.2, 0.25) is 0 Å². The predicted octanol–water partition coefficient (Wildman–Crippen LogP) is 0.892. The second-order valence-electron chi connectivity index (χ2n) is 6.27. The number of nitrogens with one attached hydrogen (secondary N) is 1. The highest BCUT2D eigenvalue weighted by Crippen LogP contribution is 2.40. The average molecular weight is 252 g/mol. The Morgan fingerprint density at radius 3 is 2.67 bits per heavy atom. The molecule has 2 saturated heterocycles. The summed E-state index contributed by atoms with van der Waals surface area (Å²) in [6.45, 7) is 2.86. The van der Waals surface area contributed by atoms with Crippen LogP contribution in [0.1, 0.15) is 44.9 Å². The zero-order chi connectivity index (χ0) is 12.6. The van der Waals surface area contributed by atoms with E-state index in [1.807, 2.05) is 0 Å². The lowest BCUT2D eigenvalue weighted by molar-refractivity contribution is -0.139. The molecule has 1 amide bonds. The normalized spacial score (nSPS) is 41.6. The quantitative estimate of drug-likeness (QED) is 0.729. The summed E-state index contributed by atoms with van der Waals surface area (Å²) in [6, 6.07) is 0.391. The molecule has 3 rings (SSSR count). The molecule has 1 saturated carbocycles. The molecule has 0 aromatic heterocycles. The number of amides is 1. The first-order chi connectivity index (χ1) is 8.71. The molecular formula is C14H24N2O2. The fraction of sp³-hybridized carbons (Fsp3) is 0.929. The van der Waals surface area contributed by atoms with Gasteiger partial charge in [0.2, 0.25) is 5.91 Å². The predicted molar refractivity (Wildman–Crippen MR) is 69.1 cm³/mol. The van der Waals surface area contributed by atoms with Gasteiger partial charge < -0.3 is 15.3 Å². The van der Waals surface area contributed by atoms with Gasteiger partial charge in [0.05, 0.1) is 11.5 Å². The van der Waals surface area contributed by atoms with Crippen LogP contribution in [0.3, 0.4) is 0 Å². The molecule has 0 unspecified atom stereocenters. The summed E-state index contributed by atoms with van der Waals surface area (Å²) in [5.74, 6) is 0.385. The number of aliphatic hydroxyl groups excluding tert-OH is 1. The van der Waals surface area contributed by atoms with Crippen molar-refractivity contribution in [2.45, 2.75) is 57.1 Å². The highest BCUT2D eigenvalue weighted by Gasteiger charge is 2.48. The van der Waals surface area contributed by atoms with Crippen molar-refractivity contribution in [2.75, 3.05) is 19.6 Å². The van der Waals surface area contributed by atoms with Gasteiger partial charge in [-0.3, -0.25) is 4.79 Å². The Morgan fingerprint density at radius 2 is 2.00 bits per heavy atom. The molecule has 1 spiro atoms. The van der Waals surface area contributed by atoms with E-state index in [1.54, 1.807) is 0 Å². The summed E-state index contributed by atoms with van der Waals surface area (Å²) in [5, 5.41) is 13.0.